The Morgan fingerprint density at radius 3 is 2.76 bits per heavy atom. The molecule has 1 aliphatic carbocycles. The molecule has 4 nitrogen and oxygen atoms in total. The number of nitrogens with one attached hydrogen (secondary N) is 1. The van der Waals surface area contributed by atoms with E-state index in [1.807, 2.05) is 20.8 Å². The van der Waals surface area contributed by atoms with Gasteiger partial charge in [-0.3, -0.25) is 14.5 Å². The monoisotopic (exact) mass is 240 g/mol. The van der Waals surface area contributed by atoms with Crippen LogP contribution in [0.2, 0.25) is 0 Å². The van der Waals surface area contributed by atoms with Gasteiger partial charge in [0.15, 0.2) is 0 Å². The second-order valence-electron chi connectivity index (χ2n) is 5.07. The van der Waals surface area contributed by atoms with Crippen LogP contribution >= 0.6 is 0 Å². The van der Waals surface area contributed by atoms with E-state index in [2.05, 4.69) is 10.2 Å². The van der Waals surface area contributed by atoms with E-state index < -0.39 is 0 Å². The van der Waals surface area contributed by atoms with Gasteiger partial charge in [-0.25, -0.2) is 0 Å². The molecule has 1 atom stereocenters. The number of likely N-dealkylation sites (N-methyl/N-ethyl adjacent to an activating group) is 1. The first-order valence-corrected chi connectivity index (χ1v) is 6.58. The van der Waals surface area contributed by atoms with Crippen molar-refractivity contribution in [1.82, 2.24) is 10.2 Å². The van der Waals surface area contributed by atoms with E-state index in [-0.39, 0.29) is 18.0 Å². The van der Waals surface area contributed by atoms with Crippen LogP contribution in [-0.2, 0) is 9.59 Å². The van der Waals surface area contributed by atoms with Crippen LogP contribution in [0, 0.1) is 0 Å². The summed E-state index contributed by atoms with van der Waals surface area (Å²) >= 11 is 0. The topological polar surface area (TPSA) is 49.4 Å². The lowest BCUT2D eigenvalue weighted by Gasteiger charge is -2.32. The lowest BCUT2D eigenvalue weighted by Crippen LogP contribution is -2.46. The van der Waals surface area contributed by atoms with Crippen LogP contribution in [0.4, 0.5) is 0 Å². The molecule has 1 rings (SSSR count). The Kier molecular flexibility index (Phi) is 5.62. The zero-order valence-corrected chi connectivity index (χ0v) is 11.2. The fourth-order valence-corrected chi connectivity index (χ4v) is 2.36. The molecule has 0 bridgehead atoms. The number of rotatable bonds is 5. The third kappa shape index (κ3) is 4.86. The molecular weight excluding hydrogens is 216 g/mol. The highest BCUT2D eigenvalue weighted by Gasteiger charge is 2.25. The van der Waals surface area contributed by atoms with Crippen LogP contribution in [0.1, 0.15) is 46.5 Å². The molecule has 0 heterocycles. The van der Waals surface area contributed by atoms with Crippen LogP contribution in [0.3, 0.4) is 0 Å². The van der Waals surface area contributed by atoms with Gasteiger partial charge in [0.1, 0.15) is 5.78 Å². The van der Waals surface area contributed by atoms with Gasteiger partial charge in [0.25, 0.3) is 0 Å². The summed E-state index contributed by atoms with van der Waals surface area (Å²) in [6.45, 7) is 7.19. The van der Waals surface area contributed by atoms with Crippen molar-refractivity contribution < 1.29 is 9.59 Å². The smallest absolute Gasteiger partial charge is 0.234 e. The molecule has 0 aliphatic heterocycles. The fraction of sp³-hybridized carbons (Fsp3) is 0.846. The average Bonchev–Trinajstić information content (AvgIpc) is 2.24. The SMILES string of the molecule is CCN(CC(=O)NC(C)C)C1CCCC(=O)C1. The zero-order valence-electron chi connectivity index (χ0n) is 11.2. The van der Waals surface area contributed by atoms with Gasteiger partial charge in [0.2, 0.25) is 5.91 Å². The van der Waals surface area contributed by atoms with Crippen LogP contribution in [-0.4, -0.2) is 41.8 Å². The Morgan fingerprint density at radius 1 is 1.53 bits per heavy atom. The van der Waals surface area contributed by atoms with Crippen LogP contribution in [0.15, 0.2) is 0 Å². The molecule has 1 N–H and O–H groups in total. The van der Waals surface area contributed by atoms with Crippen LogP contribution < -0.4 is 5.32 Å². The quantitative estimate of drug-likeness (QED) is 0.789. The Labute approximate surface area is 104 Å². The first-order chi connectivity index (χ1) is 8.02. The van der Waals surface area contributed by atoms with Crippen molar-refractivity contribution >= 4 is 11.7 Å². The summed E-state index contributed by atoms with van der Waals surface area (Å²) < 4.78 is 0. The van der Waals surface area contributed by atoms with Crippen molar-refractivity contribution in [2.24, 2.45) is 0 Å². The van der Waals surface area contributed by atoms with Crippen molar-refractivity contribution in [1.29, 1.82) is 0 Å². The van der Waals surface area contributed by atoms with Gasteiger partial charge in [0.05, 0.1) is 6.54 Å². The van der Waals surface area contributed by atoms with Gasteiger partial charge >= 0.3 is 0 Å². The fourth-order valence-electron chi connectivity index (χ4n) is 2.36. The van der Waals surface area contributed by atoms with Gasteiger partial charge in [-0.15, -0.1) is 0 Å². The van der Waals surface area contributed by atoms with Gasteiger partial charge in [-0.1, -0.05) is 6.92 Å². The van der Waals surface area contributed by atoms with E-state index in [4.69, 9.17) is 0 Å². The van der Waals surface area contributed by atoms with Gasteiger partial charge in [-0.05, 0) is 33.2 Å². The maximum Gasteiger partial charge on any atom is 0.234 e. The summed E-state index contributed by atoms with van der Waals surface area (Å²) in [5.74, 6) is 0.392. The van der Waals surface area contributed by atoms with Crippen molar-refractivity contribution in [3.05, 3.63) is 0 Å². The third-order valence-electron chi connectivity index (χ3n) is 3.18. The van der Waals surface area contributed by atoms with Gasteiger partial charge < -0.3 is 5.32 Å². The minimum Gasteiger partial charge on any atom is -0.353 e. The molecule has 1 saturated carbocycles. The lowest BCUT2D eigenvalue weighted by molar-refractivity contribution is -0.126. The highest BCUT2D eigenvalue weighted by atomic mass is 16.2. The molecule has 98 valence electrons. The standard InChI is InChI=1S/C13H24N2O2/c1-4-15(9-13(17)14-10(2)3)11-6-5-7-12(16)8-11/h10-11H,4-9H2,1-3H3,(H,14,17). The Morgan fingerprint density at radius 2 is 2.24 bits per heavy atom. The summed E-state index contributed by atoms with van der Waals surface area (Å²) in [5, 5.41) is 2.89. The molecule has 1 unspecified atom stereocenters. The summed E-state index contributed by atoms with van der Waals surface area (Å²) in [6.07, 6.45) is 3.33. The number of ketones is 1. The molecule has 1 fully saturated rings. The normalized spacial score (nSPS) is 21.0. The highest BCUT2D eigenvalue weighted by molar-refractivity contribution is 5.80. The van der Waals surface area contributed by atoms with Crippen LogP contribution in [0.5, 0.6) is 0 Å². The average molecular weight is 240 g/mol. The van der Waals surface area contributed by atoms with Crippen molar-refractivity contribution in [3.8, 4) is 0 Å². The molecule has 0 aromatic heterocycles. The van der Waals surface area contributed by atoms with E-state index in [1.165, 1.54) is 0 Å². The number of carbonyl (C=O) groups excluding carboxylic acids is 2. The number of Topliss-reactive ketones (excluding diaryl/α,β-unsaturated/α-hetero) is 1. The second-order valence-corrected chi connectivity index (χ2v) is 5.07. The molecule has 0 radical (unpaired) electrons. The van der Waals surface area contributed by atoms with Crippen molar-refractivity contribution in [2.75, 3.05) is 13.1 Å². The van der Waals surface area contributed by atoms with Crippen LogP contribution in [0.25, 0.3) is 0 Å². The zero-order chi connectivity index (χ0) is 12.8. The Bertz CT molecular complexity index is 277. The first-order valence-electron chi connectivity index (χ1n) is 6.58. The third-order valence-corrected chi connectivity index (χ3v) is 3.18. The number of carbonyl (C=O) groups is 2. The second kappa shape index (κ2) is 6.74. The highest BCUT2D eigenvalue weighted by Crippen LogP contribution is 2.19. The van der Waals surface area contributed by atoms with E-state index >= 15 is 0 Å². The van der Waals surface area contributed by atoms with Gasteiger partial charge in [-0.2, -0.15) is 0 Å². The summed E-state index contributed by atoms with van der Waals surface area (Å²) in [4.78, 5) is 25.3. The minimum atomic E-state index is 0.0554. The Hall–Kier alpha value is -0.900. The molecule has 0 spiro atoms. The summed E-state index contributed by atoms with van der Waals surface area (Å²) in [5.41, 5.74) is 0. The molecule has 4 heteroatoms. The maximum absolute atomic E-state index is 11.7. The van der Waals surface area contributed by atoms with Gasteiger partial charge in [0, 0.05) is 24.9 Å². The van der Waals surface area contributed by atoms with E-state index in [1.54, 1.807) is 0 Å². The molecule has 0 saturated heterocycles. The van der Waals surface area contributed by atoms with Crippen molar-refractivity contribution in [3.63, 3.8) is 0 Å². The number of hydrogen-bond donors (Lipinski definition) is 1. The summed E-state index contributed by atoms with van der Waals surface area (Å²) in [7, 11) is 0. The molecular formula is C13H24N2O2. The maximum atomic E-state index is 11.7. The molecule has 0 aromatic rings. The molecule has 1 aliphatic rings. The predicted molar refractivity (Wildman–Crippen MR) is 67.8 cm³/mol. The molecule has 17 heavy (non-hydrogen) atoms. The minimum absolute atomic E-state index is 0.0554. The number of nitrogens with zero attached hydrogens (tertiary/aromatic N) is 1. The largest absolute Gasteiger partial charge is 0.353 e. The predicted octanol–water partition coefficient (Wildman–Crippen LogP) is 1.34. The van der Waals surface area contributed by atoms with E-state index in [0.717, 1.165) is 19.4 Å². The number of hydrogen-bond acceptors (Lipinski definition) is 3. The summed E-state index contributed by atoms with van der Waals surface area (Å²) in [6, 6.07) is 0.438. The number of amides is 1. The Balaban J connectivity index is 2.46. The van der Waals surface area contributed by atoms with E-state index in [0.29, 0.717) is 25.2 Å². The molecule has 1 amide bonds. The lowest BCUT2D eigenvalue weighted by atomic mass is 9.93. The molecule has 0 aromatic carbocycles. The van der Waals surface area contributed by atoms with E-state index in [9.17, 15) is 9.59 Å². The van der Waals surface area contributed by atoms with Crippen molar-refractivity contribution in [2.45, 2.75) is 58.5 Å². The first kappa shape index (κ1) is 14.2.